The zero-order valence-corrected chi connectivity index (χ0v) is 34.2. The molecule has 0 aliphatic carbocycles. The second-order valence-electron chi connectivity index (χ2n) is 14.9. The van der Waals surface area contributed by atoms with Gasteiger partial charge in [0.2, 0.25) is 5.88 Å². The Bertz CT molecular complexity index is 2490. The fourth-order valence-corrected chi connectivity index (χ4v) is 8.87. The average molecular weight is 868 g/mol. The van der Waals surface area contributed by atoms with Gasteiger partial charge in [0, 0.05) is 105 Å². The van der Waals surface area contributed by atoms with Crippen molar-refractivity contribution in [1.82, 2.24) is 24.9 Å². The van der Waals surface area contributed by atoms with Crippen LogP contribution in [0, 0.1) is 5.82 Å². The summed E-state index contributed by atoms with van der Waals surface area (Å²) in [6.45, 7) is 5.56. The molecule has 0 radical (unpaired) electrons. The number of rotatable bonds is 12. The van der Waals surface area contributed by atoms with Crippen molar-refractivity contribution in [3.8, 4) is 17.4 Å². The van der Waals surface area contributed by atoms with Crippen molar-refractivity contribution < 1.29 is 36.2 Å². The second-order valence-corrected chi connectivity index (χ2v) is 17.4. The van der Waals surface area contributed by atoms with Gasteiger partial charge in [0.25, 0.3) is 15.9 Å². The Morgan fingerprint density at radius 3 is 2.53 bits per heavy atom. The van der Waals surface area contributed by atoms with Crippen molar-refractivity contribution in [2.45, 2.75) is 29.8 Å². The maximum Gasteiger partial charge on any atom is 0.268 e. The number of aromatic nitrogens is 2. The van der Waals surface area contributed by atoms with Crippen molar-refractivity contribution in [3.63, 3.8) is 0 Å². The van der Waals surface area contributed by atoms with Crippen LogP contribution < -0.4 is 24.4 Å². The van der Waals surface area contributed by atoms with Gasteiger partial charge in [-0.15, -0.1) is 0 Å². The predicted octanol–water partition coefficient (Wildman–Crippen LogP) is 7.39. The SMILES string of the molecule is O=C(NS(=O)(=O)c1cnc(OCC2(F)CCOCC2)c(Cl)c1)c1ccc(N2CCN(CC3=C(c4ccc(Cl)cc4)CCNC3)CC2)cc1Oc1cc2cc[nH]c2cc1F. The number of nitrogens with one attached hydrogen (secondary N) is 3. The molecule has 3 aliphatic rings. The zero-order chi connectivity index (χ0) is 41.1. The van der Waals surface area contributed by atoms with Crippen LogP contribution in [0.5, 0.6) is 17.4 Å². The number of carbonyl (C=O) groups excluding carboxylic acids is 1. The number of hydrogen-bond donors (Lipinski definition) is 3. The number of pyridine rings is 1. The molecular weight excluding hydrogens is 825 g/mol. The molecule has 59 heavy (non-hydrogen) atoms. The molecule has 0 spiro atoms. The zero-order valence-electron chi connectivity index (χ0n) is 31.9. The quantitative estimate of drug-likeness (QED) is 0.117. The van der Waals surface area contributed by atoms with Gasteiger partial charge >= 0.3 is 0 Å². The Morgan fingerprint density at radius 1 is 0.983 bits per heavy atom. The summed E-state index contributed by atoms with van der Waals surface area (Å²) in [5.41, 5.74) is 3.36. The summed E-state index contributed by atoms with van der Waals surface area (Å²) < 4.78 is 76.3. The molecule has 17 heteroatoms. The second kappa shape index (κ2) is 17.4. The first-order valence-corrected chi connectivity index (χ1v) is 21.5. The van der Waals surface area contributed by atoms with Crippen LogP contribution in [0.15, 0.2) is 89.6 Å². The minimum absolute atomic E-state index is 0.0503. The summed E-state index contributed by atoms with van der Waals surface area (Å²) in [4.78, 5) is 24.9. The predicted molar refractivity (Wildman–Crippen MR) is 223 cm³/mol. The number of sulfonamides is 1. The lowest BCUT2D eigenvalue weighted by Crippen LogP contribution is -2.47. The molecule has 2 saturated heterocycles. The lowest BCUT2D eigenvalue weighted by molar-refractivity contribution is -0.0331. The van der Waals surface area contributed by atoms with E-state index in [4.69, 9.17) is 37.4 Å². The van der Waals surface area contributed by atoms with E-state index >= 15 is 8.78 Å². The lowest BCUT2D eigenvalue weighted by Gasteiger charge is -2.37. The highest BCUT2D eigenvalue weighted by Crippen LogP contribution is 2.35. The molecule has 12 nitrogen and oxygen atoms in total. The third-order valence-corrected chi connectivity index (χ3v) is 12.7. The smallest absolute Gasteiger partial charge is 0.268 e. The van der Waals surface area contributed by atoms with Gasteiger partial charge in [-0.25, -0.2) is 26.9 Å². The van der Waals surface area contributed by atoms with Gasteiger partial charge < -0.3 is 29.4 Å². The summed E-state index contributed by atoms with van der Waals surface area (Å²) in [5.74, 6) is -2.06. The molecule has 0 atom stereocenters. The van der Waals surface area contributed by atoms with Gasteiger partial charge in [-0.1, -0.05) is 35.3 Å². The Labute approximate surface area is 350 Å². The Hall–Kier alpha value is -4.77. The van der Waals surface area contributed by atoms with Crippen molar-refractivity contribution in [2.24, 2.45) is 0 Å². The van der Waals surface area contributed by atoms with Crippen LogP contribution in [0.25, 0.3) is 16.5 Å². The van der Waals surface area contributed by atoms with Gasteiger partial charge in [0.05, 0.1) is 11.8 Å². The van der Waals surface area contributed by atoms with E-state index in [1.807, 2.05) is 12.1 Å². The van der Waals surface area contributed by atoms with E-state index in [9.17, 15) is 13.2 Å². The number of alkyl halides is 1. The maximum atomic E-state index is 15.4. The highest BCUT2D eigenvalue weighted by atomic mass is 35.5. The average Bonchev–Trinajstić information content (AvgIpc) is 3.68. The molecule has 0 unspecified atom stereocenters. The number of nitrogens with zero attached hydrogens (tertiary/aromatic N) is 3. The Balaban J connectivity index is 0.998. The standard InChI is InChI=1S/C42H42Cl2F2N6O6S/c43-30-3-1-27(2-4-30)33-8-11-47-23-29(33)25-51-13-15-52(16-14-51)31-5-6-34(38(20-31)58-39-19-28-7-12-48-37(28)22-36(39)45)40(53)50-59(54,55)32-21-35(44)41(49-24-32)57-26-42(46)9-17-56-18-10-42/h1-7,12,19-22,24,47-48H,8-11,13-18,23,25-26H2,(H,50,53). The molecule has 310 valence electrons. The first-order valence-electron chi connectivity index (χ1n) is 19.3. The van der Waals surface area contributed by atoms with E-state index in [0.717, 1.165) is 51.4 Å². The van der Waals surface area contributed by atoms with Crippen LogP contribution in [0.3, 0.4) is 0 Å². The Morgan fingerprint density at radius 2 is 1.76 bits per heavy atom. The third kappa shape index (κ3) is 9.51. The van der Waals surface area contributed by atoms with Crippen molar-refractivity contribution in [2.75, 3.05) is 70.5 Å². The van der Waals surface area contributed by atoms with Crippen LogP contribution >= 0.6 is 23.2 Å². The van der Waals surface area contributed by atoms with Crippen LogP contribution in [-0.2, 0) is 14.8 Å². The molecular formula is C42H42Cl2F2N6O6S. The summed E-state index contributed by atoms with van der Waals surface area (Å²) in [6.07, 6.45) is 3.85. The van der Waals surface area contributed by atoms with E-state index in [2.05, 4.69) is 41.9 Å². The number of carbonyl (C=O) groups is 1. The van der Waals surface area contributed by atoms with Crippen molar-refractivity contribution >= 4 is 61.3 Å². The summed E-state index contributed by atoms with van der Waals surface area (Å²) in [5, 5.41) is 4.70. The Kier molecular flexibility index (Phi) is 12.1. The third-order valence-electron chi connectivity index (χ3n) is 10.9. The number of ether oxygens (including phenoxy) is 3. The number of aromatic amines is 1. The highest BCUT2D eigenvalue weighted by molar-refractivity contribution is 7.90. The topological polar surface area (TPSA) is 138 Å². The molecule has 0 bridgehead atoms. The molecule has 3 aliphatic heterocycles. The van der Waals surface area contributed by atoms with Crippen molar-refractivity contribution in [1.29, 1.82) is 0 Å². The first-order chi connectivity index (χ1) is 28.4. The highest BCUT2D eigenvalue weighted by Gasteiger charge is 2.34. The maximum absolute atomic E-state index is 15.4. The number of piperazine rings is 1. The van der Waals surface area contributed by atoms with Gasteiger partial charge in [-0.2, -0.15) is 0 Å². The molecule has 2 fully saturated rings. The van der Waals surface area contributed by atoms with Gasteiger partial charge in [-0.05, 0) is 72.1 Å². The fourth-order valence-electron chi connectivity index (χ4n) is 7.53. The van der Waals surface area contributed by atoms with Crippen LogP contribution in [0.2, 0.25) is 10.0 Å². The number of hydrogen-bond acceptors (Lipinski definition) is 10. The number of fused-ring (bicyclic) bond motifs is 1. The summed E-state index contributed by atoms with van der Waals surface area (Å²) >= 11 is 12.5. The summed E-state index contributed by atoms with van der Waals surface area (Å²) in [7, 11) is -4.54. The largest absolute Gasteiger partial charge is 0.473 e. The number of anilines is 1. The molecule has 5 heterocycles. The van der Waals surface area contributed by atoms with Gasteiger partial charge in [0.1, 0.15) is 27.9 Å². The van der Waals surface area contributed by atoms with E-state index in [0.29, 0.717) is 34.7 Å². The van der Waals surface area contributed by atoms with Crippen LogP contribution in [-0.4, -0.2) is 100 Å². The van der Waals surface area contributed by atoms with E-state index in [1.165, 1.54) is 34.9 Å². The monoisotopic (exact) mass is 866 g/mol. The molecule has 2 aromatic heterocycles. The van der Waals surface area contributed by atoms with Crippen LogP contribution in [0.1, 0.15) is 35.2 Å². The minimum Gasteiger partial charge on any atom is -0.473 e. The van der Waals surface area contributed by atoms with E-state index < -0.39 is 32.3 Å². The number of H-pyrrole nitrogens is 1. The van der Waals surface area contributed by atoms with E-state index in [-0.39, 0.29) is 60.6 Å². The molecule has 1 amide bonds. The summed E-state index contributed by atoms with van der Waals surface area (Å²) in [6, 6.07) is 18.4. The molecule has 5 aromatic rings. The number of benzene rings is 3. The molecule has 8 rings (SSSR count). The van der Waals surface area contributed by atoms with Gasteiger partial charge in [-0.3, -0.25) is 9.69 Å². The normalized spacial score (nSPS) is 17.6. The number of amides is 1. The minimum atomic E-state index is -4.54. The molecule has 3 N–H and O–H groups in total. The molecule has 0 saturated carbocycles. The molecule has 3 aromatic carbocycles. The lowest BCUT2D eigenvalue weighted by atomic mass is 9.94. The first kappa shape index (κ1) is 41.0. The fraction of sp³-hybridized carbons (Fsp3) is 0.333. The van der Waals surface area contributed by atoms with E-state index in [1.54, 1.807) is 24.4 Å². The van der Waals surface area contributed by atoms with Gasteiger partial charge in [0.15, 0.2) is 11.6 Å². The number of halogens is 4. The van der Waals surface area contributed by atoms with Crippen molar-refractivity contribution in [3.05, 3.63) is 112 Å². The van der Waals surface area contributed by atoms with Crippen LogP contribution in [0.4, 0.5) is 14.5 Å².